The van der Waals surface area contributed by atoms with Crippen molar-refractivity contribution in [2.24, 2.45) is 7.05 Å². The molecule has 28 heavy (non-hydrogen) atoms. The predicted octanol–water partition coefficient (Wildman–Crippen LogP) is 4.45. The third-order valence-electron chi connectivity index (χ3n) is 4.63. The van der Waals surface area contributed by atoms with Crippen LogP contribution in [-0.4, -0.2) is 20.5 Å². The zero-order valence-corrected chi connectivity index (χ0v) is 16.7. The maximum Gasteiger partial charge on any atom is 0.318 e. The zero-order chi connectivity index (χ0) is 19.5. The average molecular weight is 395 g/mol. The molecular formula is C21H22N4O2S. The first kappa shape index (κ1) is 18.3. The quantitative estimate of drug-likeness (QED) is 0.526. The smallest absolute Gasteiger partial charge is 0.318 e. The number of hydrogen-bond donors (Lipinski definition) is 1. The van der Waals surface area contributed by atoms with E-state index < -0.39 is 0 Å². The molecule has 1 aromatic carbocycles. The second-order valence-corrected chi connectivity index (χ2v) is 8.05. The van der Waals surface area contributed by atoms with E-state index in [1.807, 2.05) is 48.0 Å². The SMILES string of the molecule is Cc1ccc(CN(Cc2ccco2)C(=O)NCc2nc3ccccc3n2C)s1. The number of thiophene rings is 1. The Morgan fingerprint density at radius 3 is 2.75 bits per heavy atom. The highest BCUT2D eigenvalue weighted by molar-refractivity contribution is 7.11. The van der Waals surface area contributed by atoms with Crippen molar-refractivity contribution in [3.05, 3.63) is 76.1 Å². The number of furan rings is 1. The number of aromatic nitrogens is 2. The number of nitrogens with zero attached hydrogens (tertiary/aromatic N) is 3. The molecule has 4 aromatic rings. The summed E-state index contributed by atoms with van der Waals surface area (Å²) in [4.78, 5) is 21.7. The number of rotatable bonds is 6. The highest BCUT2D eigenvalue weighted by Crippen LogP contribution is 2.19. The van der Waals surface area contributed by atoms with Crippen LogP contribution in [0, 0.1) is 6.92 Å². The lowest BCUT2D eigenvalue weighted by atomic mass is 10.3. The second-order valence-electron chi connectivity index (χ2n) is 6.68. The first-order valence-electron chi connectivity index (χ1n) is 9.11. The number of amides is 2. The minimum Gasteiger partial charge on any atom is -0.467 e. The third-order valence-corrected chi connectivity index (χ3v) is 5.62. The number of fused-ring (bicyclic) bond motifs is 1. The van der Waals surface area contributed by atoms with Gasteiger partial charge in [-0.3, -0.25) is 0 Å². The molecule has 3 aromatic heterocycles. The summed E-state index contributed by atoms with van der Waals surface area (Å²) in [6, 6.07) is 15.7. The predicted molar refractivity (Wildman–Crippen MR) is 110 cm³/mol. The molecule has 0 bridgehead atoms. The molecule has 1 N–H and O–H groups in total. The van der Waals surface area contributed by atoms with E-state index >= 15 is 0 Å². The van der Waals surface area contributed by atoms with Crippen LogP contribution >= 0.6 is 11.3 Å². The van der Waals surface area contributed by atoms with E-state index in [2.05, 4.69) is 29.4 Å². The lowest BCUT2D eigenvalue weighted by Gasteiger charge is -2.21. The van der Waals surface area contributed by atoms with Crippen molar-refractivity contribution in [3.8, 4) is 0 Å². The summed E-state index contributed by atoms with van der Waals surface area (Å²) in [5, 5.41) is 3.01. The molecule has 0 unspecified atom stereocenters. The lowest BCUT2D eigenvalue weighted by molar-refractivity contribution is 0.187. The second kappa shape index (κ2) is 7.90. The van der Waals surface area contributed by atoms with Crippen molar-refractivity contribution in [2.75, 3.05) is 0 Å². The molecule has 0 radical (unpaired) electrons. The number of carbonyl (C=O) groups is 1. The first-order chi connectivity index (χ1) is 13.6. The molecule has 3 heterocycles. The van der Waals surface area contributed by atoms with Crippen LogP contribution in [0.3, 0.4) is 0 Å². The number of urea groups is 1. The number of aryl methyl sites for hydroxylation is 2. The number of hydrogen-bond acceptors (Lipinski definition) is 4. The van der Waals surface area contributed by atoms with E-state index in [1.54, 1.807) is 22.5 Å². The Bertz CT molecular complexity index is 1080. The maximum absolute atomic E-state index is 12.9. The van der Waals surface area contributed by atoms with Crippen LogP contribution in [0.25, 0.3) is 11.0 Å². The van der Waals surface area contributed by atoms with E-state index in [4.69, 9.17) is 4.42 Å². The summed E-state index contributed by atoms with van der Waals surface area (Å²) >= 11 is 1.70. The van der Waals surface area contributed by atoms with Gasteiger partial charge in [-0.2, -0.15) is 0 Å². The standard InChI is InChI=1S/C21H22N4O2S/c1-15-9-10-17(28-15)14-25(13-16-6-5-11-27-16)21(26)22-12-20-23-18-7-3-4-8-19(18)24(20)2/h3-11H,12-14H2,1-2H3,(H,22,26). The van der Waals surface area contributed by atoms with E-state index in [9.17, 15) is 4.79 Å². The van der Waals surface area contributed by atoms with E-state index in [0.29, 0.717) is 19.6 Å². The maximum atomic E-state index is 12.9. The Kier molecular flexibility index (Phi) is 5.16. The van der Waals surface area contributed by atoms with Crippen LogP contribution in [0.15, 0.2) is 59.2 Å². The summed E-state index contributed by atoms with van der Waals surface area (Å²) in [6.07, 6.45) is 1.63. The lowest BCUT2D eigenvalue weighted by Crippen LogP contribution is -2.39. The number of nitrogens with one attached hydrogen (secondary N) is 1. The van der Waals surface area contributed by atoms with Crippen molar-refractivity contribution in [1.82, 2.24) is 19.8 Å². The molecular weight excluding hydrogens is 372 g/mol. The molecule has 6 nitrogen and oxygen atoms in total. The van der Waals surface area contributed by atoms with E-state index in [1.165, 1.54) is 4.88 Å². The minimum atomic E-state index is -0.144. The van der Waals surface area contributed by atoms with Crippen LogP contribution in [0.4, 0.5) is 4.79 Å². The van der Waals surface area contributed by atoms with Crippen molar-refractivity contribution in [1.29, 1.82) is 0 Å². The van der Waals surface area contributed by atoms with Crippen molar-refractivity contribution in [2.45, 2.75) is 26.6 Å². The van der Waals surface area contributed by atoms with Crippen LogP contribution in [-0.2, 0) is 26.7 Å². The molecule has 144 valence electrons. The van der Waals surface area contributed by atoms with Crippen LogP contribution in [0.1, 0.15) is 21.3 Å². The summed E-state index contributed by atoms with van der Waals surface area (Å²) in [5.41, 5.74) is 1.98. The molecule has 0 atom stereocenters. The highest BCUT2D eigenvalue weighted by atomic mass is 32.1. The van der Waals surface area contributed by atoms with Crippen molar-refractivity contribution in [3.63, 3.8) is 0 Å². The normalized spacial score (nSPS) is 11.1. The number of imidazole rings is 1. The third kappa shape index (κ3) is 3.94. The first-order valence-corrected chi connectivity index (χ1v) is 9.92. The Hall–Kier alpha value is -3.06. The largest absolute Gasteiger partial charge is 0.467 e. The van der Waals surface area contributed by atoms with Gasteiger partial charge in [0.2, 0.25) is 0 Å². The van der Waals surface area contributed by atoms with Gasteiger partial charge in [0.05, 0.1) is 36.9 Å². The van der Waals surface area contributed by atoms with E-state index in [-0.39, 0.29) is 6.03 Å². The molecule has 7 heteroatoms. The molecule has 0 saturated heterocycles. The number of para-hydroxylation sites is 2. The Morgan fingerprint density at radius 2 is 2.04 bits per heavy atom. The van der Waals surface area contributed by atoms with E-state index in [0.717, 1.165) is 27.5 Å². The van der Waals surface area contributed by atoms with Gasteiger partial charge >= 0.3 is 6.03 Å². The number of benzene rings is 1. The summed E-state index contributed by atoms with van der Waals surface area (Å²) in [5.74, 6) is 1.57. The highest BCUT2D eigenvalue weighted by Gasteiger charge is 2.18. The van der Waals surface area contributed by atoms with Gasteiger partial charge in [0.1, 0.15) is 11.6 Å². The summed E-state index contributed by atoms with van der Waals surface area (Å²) < 4.78 is 7.45. The molecule has 0 aliphatic rings. The summed E-state index contributed by atoms with van der Waals surface area (Å²) in [7, 11) is 1.96. The van der Waals surface area contributed by atoms with Gasteiger partial charge in [0.15, 0.2) is 0 Å². The molecule has 0 aliphatic carbocycles. The molecule has 0 fully saturated rings. The minimum absolute atomic E-state index is 0.144. The van der Waals surface area contributed by atoms with Gasteiger partial charge in [0.25, 0.3) is 0 Å². The molecule has 0 aliphatic heterocycles. The van der Waals surface area contributed by atoms with Crippen LogP contribution in [0.2, 0.25) is 0 Å². The van der Waals surface area contributed by atoms with Gasteiger partial charge in [-0.1, -0.05) is 12.1 Å². The fourth-order valence-electron chi connectivity index (χ4n) is 3.17. The van der Waals surface area contributed by atoms with Crippen LogP contribution in [0.5, 0.6) is 0 Å². The fourth-order valence-corrected chi connectivity index (χ4v) is 4.07. The average Bonchev–Trinajstić information content (AvgIpc) is 3.41. The van der Waals surface area contributed by atoms with Crippen molar-refractivity contribution >= 4 is 28.4 Å². The molecule has 0 spiro atoms. The zero-order valence-electron chi connectivity index (χ0n) is 15.9. The Balaban J connectivity index is 1.48. The monoisotopic (exact) mass is 394 g/mol. The van der Waals surface area contributed by atoms with Crippen molar-refractivity contribution < 1.29 is 9.21 Å². The summed E-state index contributed by atoms with van der Waals surface area (Å²) in [6.45, 7) is 3.38. The molecule has 2 amide bonds. The topological polar surface area (TPSA) is 63.3 Å². The molecule has 0 saturated carbocycles. The fraction of sp³-hybridized carbons (Fsp3) is 0.238. The van der Waals surface area contributed by atoms with Gasteiger partial charge in [-0.25, -0.2) is 9.78 Å². The van der Waals surface area contributed by atoms with Gasteiger partial charge in [0, 0.05) is 16.8 Å². The Morgan fingerprint density at radius 1 is 1.18 bits per heavy atom. The number of carbonyl (C=O) groups excluding carboxylic acids is 1. The van der Waals surface area contributed by atoms with Gasteiger partial charge < -0.3 is 19.2 Å². The van der Waals surface area contributed by atoms with Gasteiger partial charge in [-0.05, 0) is 43.3 Å². The van der Waals surface area contributed by atoms with Crippen LogP contribution < -0.4 is 5.32 Å². The van der Waals surface area contributed by atoms with Gasteiger partial charge in [-0.15, -0.1) is 11.3 Å². The Labute approximate surface area is 167 Å². The molecule has 4 rings (SSSR count).